The normalized spacial score (nSPS) is 29.9. The fourth-order valence-electron chi connectivity index (χ4n) is 10.0. The number of aliphatic carboxylic acids is 1. The number of carbonyl (C=O) groups is 2. The molecule has 3 saturated heterocycles. The molecular weight excluding hydrogens is 651 g/mol. The highest BCUT2D eigenvalue weighted by Gasteiger charge is 2.57. The third-order valence-electron chi connectivity index (χ3n) is 13.0. The standard InChI is InChI=1S/C37H46F3N5O5/c1-2-23-13-25-15-26(14-23)36(17-25,32(47)48)43-31(46)27-18-41-33(42-30(27)37(38,39)40)45-20-35(7-11-49-12-8-35)28-16-24(3-4-29(28)45)19-44-9-5-34(6-10-44)21-50-22-34/h3-4,16,18,23,25-26H,2,5-15,17,19-22H2,1H3,(H,43,46)(H,47,48). The number of carboxylic acids is 1. The minimum absolute atomic E-state index is 0.110. The van der Waals surface area contributed by atoms with Crippen LogP contribution >= 0.6 is 0 Å². The number of aromatic nitrogens is 2. The number of carboxylic acid groups (broad SMARTS) is 1. The number of benzene rings is 1. The Hall–Kier alpha value is -3.29. The molecule has 2 saturated carbocycles. The lowest BCUT2D eigenvalue weighted by atomic mass is 9.75. The van der Waals surface area contributed by atoms with Gasteiger partial charge in [-0.05, 0) is 99.4 Å². The van der Waals surface area contributed by atoms with Crippen LogP contribution in [0.25, 0.3) is 0 Å². The van der Waals surface area contributed by atoms with Crippen LogP contribution in [0.2, 0.25) is 0 Å². The summed E-state index contributed by atoms with van der Waals surface area (Å²) in [6.45, 7) is 8.08. The molecule has 2 bridgehead atoms. The number of halogens is 3. The molecule has 4 atom stereocenters. The van der Waals surface area contributed by atoms with Gasteiger partial charge in [-0.2, -0.15) is 13.2 Å². The van der Waals surface area contributed by atoms with Crippen LogP contribution in [0, 0.1) is 23.2 Å². The third kappa shape index (κ3) is 5.77. The van der Waals surface area contributed by atoms with Crippen LogP contribution in [-0.4, -0.2) is 83.5 Å². The van der Waals surface area contributed by atoms with Gasteiger partial charge in [-0.15, -0.1) is 0 Å². The molecule has 5 heterocycles. The van der Waals surface area contributed by atoms with Crippen molar-refractivity contribution in [3.8, 4) is 0 Å². The molecule has 6 aliphatic rings. The van der Waals surface area contributed by atoms with Gasteiger partial charge >= 0.3 is 12.1 Å². The van der Waals surface area contributed by atoms with Gasteiger partial charge in [0.2, 0.25) is 5.95 Å². The van der Waals surface area contributed by atoms with Crippen LogP contribution in [0.1, 0.15) is 91.9 Å². The lowest BCUT2D eigenvalue weighted by molar-refractivity contribution is -0.146. The lowest BCUT2D eigenvalue weighted by Gasteiger charge is -2.47. The maximum absolute atomic E-state index is 14.7. The highest BCUT2D eigenvalue weighted by molar-refractivity contribution is 5.99. The maximum atomic E-state index is 14.7. The molecule has 2 spiro atoms. The number of rotatable bonds is 7. The van der Waals surface area contributed by atoms with Crippen molar-refractivity contribution < 1.29 is 37.3 Å². The van der Waals surface area contributed by atoms with Crippen LogP contribution < -0.4 is 10.2 Å². The van der Waals surface area contributed by atoms with E-state index in [0.29, 0.717) is 43.9 Å². The van der Waals surface area contributed by atoms with Crippen molar-refractivity contribution in [3.05, 3.63) is 46.8 Å². The summed E-state index contributed by atoms with van der Waals surface area (Å²) >= 11 is 0. The predicted octanol–water partition coefficient (Wildman–Crippen LogP) is 5.71. The van der Waals surface area contributed by atoms with Crippen LogP contribution in [0.4, 0.5) is 24.8 Å². The molecule has 2 N–H and O–H groups in total. The van der Waals surface area contributed by atoms with E-state index in [1.165, 1.54) is 0 Å². The van der Waals surface area contributed by atoms with E-state index in [9.17, 15) is 27.9 Å². The summed E-state index contributed by atoms with van der Waals surface area (Å²) in [5.41, 5.74) is -0.732. The molecular formula is C37H46F3N5O5. The second-order valence-corrected chi connectivity index (χ2v) is 16.0. The molecule has 1 aromatic carbocycles. The molecule has 0 radical (unpaired) electrons. The van der Waals surface area contributed by atoms with Crippen molar-refractivity contribution in [1.29, 1.82) is 0 Å². The fraction of sp³-hybridized carbons (Fsp3) is 0.676. The molecule has 50 heavy (non-hydrogen) atoms. The summed E-state index contributed by atoms with van der Waals surface area (Å²) in [7, 11) is 0. The van der Waals surface area contributed by atoms with Crippen LogP contribution in [0.15, 0.2) is 24.4 Å². The van der Waals surface area contributed by atoms with Gasteiger partial charge in [0.25, 0.3) is 5.91 Å². The molecule has 1 amide bonds. The highest BCUT2D eigenvalue weighted by Crippen LogP contribution is 2.52. The van der Waals surface area contributed by atoms with Crippen LogP contribution in [0.5, 0.6) is 0 Å². The van der Waals surface area contributed by atoms with Gasteiger partial charge in [0.1, 0.15) is 5.54 Å². The molecule has 5 fully saturated rings. The van der Waals surface area contributed by atoms with Crippen LogP contribution in [-0.2, 0) is 32.4 Å². The zero-order valence-electron chi connectivity index (χ0n) is 28.6. The number of likely N-dealkylation sites (tertiary alicyclic amines) is 1. The molecule has 10 nitrogen and oxygen atoms in total. The number of hydrogen-bond acceptors (Lipinski definition) is 8. The molecule has 4 unspecified atom stereocenters. The Morgan fingerprint density at radius 3 is 2.48 bits per heavy atom. The van der Waals surface area contributed by atoms with E-state index < -0.39 is 34.8 Å². The van der Waals surface area contributed by atoms with Gasteiger partial charge in [-0.1, -0.05) is 25.5 Å². The SMILES string of the molecule is CCC1CC2CC(C1)C(NC(=O)c1cnc(N3CC4(CCOCC4)c4cc(CN5CCC6(CC5)COC6)ccc43)nc1C(F)(F)F)(C(=O)O)C2. The second kappa shape index (κ2) is 12.4. The Morgan fingerprint density at radius 1 is 1.06 bits per heavy atom. The molecule has 2 aliphatic carbocycles. The number of amides is 1. The van der Waals surface area contributed by atoms with E-state index in [1.54, 1.807) is 4.90 Å². The van der Waals surface area contributed by atoms with E-state index in [1.807, 2.05) is 12.1 Å². The topological polar surface area (TPSA) is 117 Å². The van der Waals surface area contributed by atoms with Crippen LogP contribution in [0.3, 0.4) is 0 Å². The monoisotopic (exact) mass is 697 g/mol. The number of fused-ring (bicyclic) bond motifs is 4. The van der Waals surface area contributed by atoms with Crippen molar-refractivity contribution in [2.24, 2.45) is 23.2 Å². The summed E-state index contributed by atoms with van der Waals surface area (Å²) in [5.74, 6) is -2.33. The largest absolute Gasteiger partial charge is 0.479 e. The Labute approximate surface area is 290 Å². The number of alkyl halides is 3. The number of nitrogens with zero attached hydrogens (tertiary/aromatic N) is 4. The minimum Gasteiger partial charge on any atom is -0.479 e. The second-order valence-electron chi connectivity index (χ2n) is 16.0. The number of ether oxygens (including phenoxy) is 2. The Kier molecular flexibility index (Phi) is 8.42. The predicted molar refractivity (Wildman–Crippen MR) is 177 cm³/mol. The summed E-state index contributed by atoms with van der Waals surface area (Å²) in [5, 5.41) is 12.9. The first-order chi connectivity index (χ1) is 23.9. The van der Waals surface area contributed by atoms with Crippen molar-refractivity contribution in [1.82, 2.24) is 20.2 Å². The van der Waals surface area contributed by atoms with Crippen molar-refractivity contribution in [3.63, 3.8) is 0 Å². The van der Waals surface area contributed by atoms with Crippen molar-refractivity contribution in [2.75, 3.05) is 51.0 Å². The van der Waals surface area contributed by atoms with Gasteiger partial charge in [-0.3, -0.25) is 9.69 Å². The molecule has 270 valence electrons. The Morgan fingerprint density at radius 2 is 1.82 bits per heavy atom. The number of piperidine rings is 1. The summed E-state index contributed by atoms with van der Waals surface area (Å²) in [6.07, 6.45) is 2.87. The van der Waals surface area contributed by atoms with E-state index in [0.717, 1.165) is 94.4 Å². The van der Waals surface area contributed by atoms with E-state index in [-0.39, 0.29) is 29.6 Å². The Balaban J connectivity index is 1.08. The minimum atomic E-state index is -4.97. The molecule has 2 aromatic rings. The van der Waals surface area contributed by atoms with Gasteiger partial charge in [0.05, 0.1) is 18.8 Å². The Bertz CT molecular complexity index is 1650. The van der Waals surface area contributed by atoms with E-state index >= 15 is 0 Å². The zero-order chi connectivity index (χ0) is 34.9. The first-order valence-corrected chi connectivity index (χ1v) is 18.2. The first kappa shape index (κ1) is 33.8. The molecule has 4 aliphatic heterocycles. The fourth-order valence-corrected chi connectivity index (χ4v) is 10.0. The average Bonchev–Trinajstić information content (AvgIpc) is 3.53. The number of hydrogen-bond donors (Lipinski definition) is 2. The quantitative estimate of drug-likeness (QED) is 0.376. The molecule has 1 aromatic heterocycles. The average molecular weight is 698 g/mol. The van der Waals surface area contributed by atoms with Gasteiger partial charge in [0, 0.05) is 49.0 Å². The van der Waals surface area contributed by atoms with Crippen molar-refractivity contribution >= 4 is 23.5 Å². The highest BCUT2D eigenvalue weighted by atomic mass is 19.4. The number of anilines is 2. The first-order valence-electron chi connectivity index (χ1n) is 18.2. The lowest BCUT2D eigenvalue weighted by Crippen LogP contribution is -2.57. The van der Waals surface area contributed by atoms with Gasteiger partial charge in [-0.25, -0.2) is 14.8 Å². The summed E-state index contributed by atoms with van der Waals surface area (Å²) in [4.78, 5) is 38.9. The number of carbonyl (C=O) groups excluding carboxylic acids is 1. The summed E-state index contributed by atoms with van der Waals surface area (Å²) in [6, 6.07) is 6.21. The van der Waals surface area contributed by atoms with Gasteiger partial charge < -0.3 is 24.8 Å². The van der Waals surface area contributed by atoms with E-state index in [2.05, 4.69) is 33.2 Å². The smallest absolute Gasteiger partial charge is 0.434 e. The van der Waals surface area contributed by atoms with Gasteiger partial charge in [0.15, 0.2) is 5.69 Å². The summed E-state index contributed by atoms with van der Waals surface area (Å²) < 4.78 is 55.4. The molecule has 8 rings (SSSR count). The van der Waals surface area contributed by atoms with E-state index in [4.69, 9.17) is 9.47 Å². The molecule has 13 heteroatoms. The third-order valence-corrected chi connectivity index (χ3v) is 13.0. The number of nitrogens with one attached hydrogen (secondary N) is 1. The van der Waals surface area contributed by atoms with Crippen molar-refractivity contribution in [2.45, 2.75) is 88.4 Å². The zero-order valence-corrected chi connectivity index (χ0v) is 28.6. The maximum Gasteiger partial charge on any atom is 0.434 e.